The molecular weight excluding hydrogens is 232 g/mol. The van der Waals surface area contributed by atoms with Crippen molar-refractivity contribution in [3.8, 4) is 5.69 Å². The van der Waals surface area contributed by atoms with Crippen molar-refractivity contribution < 1.29 is 0 Å². The van der Waals surface area contributed by atoms with Crippen LogP contribution in [0, 0.1) is 0 Å². The van der Waals surface area contributed by atoms with Crippen LogP contribution >= 0.6 is 0 Å². The maximum Gasteiger partial charge on any atom is 0.0960 e. The van der Waals surface area contributed by atoms with Gasteiger partial charge in [0, 0.05) is 17.1 Å². The smallest absolute Gasteiger partial charge is 0.0960 e. The lowest BCUT2D eigenvalue weighted by Crippen LogP contribution is -2.30. The molecule has 0 unspecified atom stereocenters. The van der Waals surface area contributed by atoms with E-state index in [0.29, 0.717) is 0 Å². The monoisotopic (exact) mass is 246 g/mol. The van der Waals surface area contributed by atoms with Crippen molar-refractivity contribution in [3.05, 3.63) is 59.2 Å². The summed E-state index contributed by atoms with van der Waals surface area (Å²) in [5, 5.41) is 2.57. The summed E-state index contributed by atoms with van der Waals surface area (Å²) in [6.45, 7) is 0. The fourth-order valence-electron chi connectivity index (χ4n) is 2.86. The largest absolute Gasteiger partial charge is 0.308 e. The zero-order valence-corrected chi connectivity index (χ0v) is 10.6. The zero-order valence-electron chi connectivity index (χ0n) is 10.6. The molecule has 92 valence electrons. The second-order valence-electron chi connectivity index (χ2n) is 4.83. The molecule has 1 aromatic carbocycles. The molecule has 2 heterocycles. The lowest BCUT2D eigenvalue weighted by atomic mass is 10.1. The Morgan fingerprint density at radius 3 is 2.63 bits per heavy atom. The van der Waals surface area contributed by atoms with E-state index >= 15 is 0 Å². The molecule has 2 aromatic heterocycles. The number of rotatable bonds is 1. The maximum atomic E-state index is 4.57. The molecule has 0 saturated carbocycles. The Morgan fingerprint density at radius 2 is 1.74 bits per heavy atom. The Hall–Kier alpha value is -2.35. The molecule has 19 heavy (non-hydrogen) atoms. The van der Waals surface area contributed by atoms with Gasteiger partial charge in [0.05, 0.1) is 16.4 Å². The maximum absolute atomic E-state index is 4.57. The Balaban J connectivity index is 2.23. The van der Waals surface area contributed by atoms with E-state index < -0.39 is 0 Å². The molecular formula is C17H14N2. The van der Waals surface area contributed by atoms with Gasteiger partial charge in [-0.1, -0.05) is 30.4 Å². The summed E-state index contributed by atoms with van der Waals surface area (Å²) < 4.78 is 2.31. The first-order valence-electron chi connectivity index (χ1n) is 6.66. The van der Waals surface area contributed by atoms with Crippen LogP contribution in [0.1, 0.15) is 12.8 Å². The van der Waals surface area contributed by atoms with Crippen LogP contribution in [-0.4, -0.2) is 9.55 Å². The third-order valence-electron chi connectivity index (χ3n) is 3.67. The van der Waals surface area contributed by atoms with Gasteiger partial charge in [-0.2, -0.15) is 0 Å². The molecule has 0 N–H and O–H groups in total. The van der Waals surface area contributed by atoms with Gasteiger partial charge in [0.2, 0.25) is 0 Å². The number of hydrogen-bond acceptors (Lipinski definition) is 1. The van der Waals surface area contributed by atoms with Crippen molar-refractivity contribution in [1.82, 2.24) is 9.55 Å². The molecule has 1 aliphatic carbocycles. The molecule has 2 nitrogen and oxygen atoms in total. The van der Waals surface area contributed by atoms with Crippen molar-refractivity contribution in [3.63, 3.8) is 0 Å². The molecule has 3 aromatic rings. The minimum Gasteiger partial charge on any atom is -0.308 e. The van der Waals surface area contributed by atoms with Crippen LogP contribution in [0.2, 0.25) is 0 Å². The van der Waals surface area contributed by atoms with E-state index in [9.17, 15) is 0 Å². The van der Waals surface area contributed by atoms with Gasteiger partial charge in [0.25, 0.3) is 0 Å². The van der Waals surface area contributed by atoms with Gasteiger partial charge in [-0.05, 0) is 37.1 Å². The number of hydrogen-bond donors (Lipinski definition) is 0. The second kappa shape index (κ2) is 4.09. The predicted octanol–water partition coefficient (Wildman–Crippen LogP) is 2.38. The first-order chi connectivity index (χ1) is 9.45. The van der Waals surface area contributed by atoms with Gasteiger partial charge in [-0.15, -0.1) is 0 Å². The summed E-state index contributed by atoms with van der Waals surface area (Å²) in [5.74, 6) is 0. The third kappa shape index (κ3) is 1.53. The average molecular weight is 246 g/mol. The zero-order chi connectivity index (χ0) is 12.7. The highest BCUT2D eigenvalue weighted by atomic mass is 15.0. The molecule has 0 radical (unpaired) electrons. The third-order valence-corrected chi connectivity index (χ3v) is 3.67. The molecule has 0 amide bonds. The quantitative estimate of drug-likeness (QED) is 0.644. The van der Waals surface area contributed by atoms with Crippen molar-refractivity contribution in [2.45, 2.75) is 12.8 Å². The van der Waals surface area contributed by atoms with Crippen LogP contribution in [0.15, 0.2) is 48.7 Å². The van der Waals surface area contributed by atoms with Crippen LogP contribution in [-0.2, 0) is 0 Å². The van der Waals surface area contributed by atoms with Crippen molar-refractivity contribution in [2.75, 3.05) is 0 Å². The lowest BCUT2D eigenvalue weighted by molar-refractivity contribution is 1.02. The topological polar surface area (TPSA) is 17.8 Å². The van der Waals surface area contributed by atoms with E-state index in [1.165, 1.54) is 21.8 Å². The van der Waals surface area contributed by atoms with Gasteiger partial charge in [0.1, 0.15) is 0 Å². The number of para-hydroxylation sites is 1. The number of nitrogens with zero attached hydrogens (tertiary/aromatic N) is 2. The lowest BCUT2D eigenvalue weighted by Gasteiger charge is -2.06. The molecule has 2 heteroatoms. The summed E-state index contributed by atoms with van der Waals surface area (Å²) in [5.41, 5.74) is 3.50. The first kappa shape index (κ1) is 10.6. The summed E-state index contributed by atoms with van der Waals surface area (Å²) in [7, 11) is 0. The first-order valence-corrected chi connectivity index (χ1v) is 6.66. The van der Waals surface area contributed by atoms with Crippen LogP contribution in [0.3, 0.4) is 0 Å². The second-order valence-corrected chi connectivity index (χ2v) is 4.83. The van der Waals surface area contributed by atoms with Crippen molar-refractivity contribution in [1.29, 1.82) is 0 Å². The number of pyridine rings is 1. The van der Waals surface area contributed by atoms with E-state index in [-0.39, 0.29) is 0 Å². The fraction of sp³-hybridized carbons (Fsp3) is 0.118. The highest BCUT2D eigenvalue weighted by molar-refractivity contribution is 5.80. The van der Waals surface area contributed by atoms with E-state index in [2.05, 4.69) is 58.1 Å². The molecule has 4 rings (SSSR count). The number of fused-ring (bicyclic) bond motifs is 3. The Morgan fingerprint density at radius 1 is 0.895 bits per heavy atom. The van der Waals surface area contributed by atoms with E-state index in [4.69, 9.17) is 0 Å². The van der Waals surface area contributed by atoms with Gasteiger partial charge >= 0.3 is 0 Å². The highest BCUT2D eigenvalue weighted by Gasteiger charge is 2.10. The van der Waals surface area contributed by atoms with Crippen molar-refractivity contribution in [2.24, 2.45) is 0 Å². The molecule has 0 spiro atoms. The minimum atomic E-state index is 1.11. The Bertz CT molecular complexity index is 857. The Labute approximate surface area is 111 Å². The standard InChI is InChI=1S/C17H14N2/c1-2-7-13(8-3-1)19-15-10-5-4-9-14(15)17-16(19)11-6-12-18-17/h1-3,6-12H,4-5H2. The van der Waals surface area contributed by atoms with Crippen LogP contribution in [0.25, 0.3) is 28.9 Å². The minimum absolute atomic E-state index is 1.11. The van der Waals surface area contributed by atoms with Crippen LogP contribution in [0.5, 0.6) is 0 Å². The van der Waals surface area contributed by atoms with Crippen LogP contribution in [0.4, 0.5) is 0 Å². The molecule has 0 saturated heterocycles. The highest BCUT2D eigenvalue weighted by Crippen LogP contribution is 2.14. The van der Waals surface area contributed by atoms with Crippen molar-refractivity contribution >= 4 is 23.2 Å². The molecule has 1 aliphatic rings. The summed E-state index contributed by atoms with van der Waals surface area (Å²) in [6, 6.07) is 14.7. The van der Waals surface area contributed by atoms with Gasteiger partial charge in [0.15, 0.2) is 0 Å². The van der Waals surface area contributed by atoms with Crippen LogP contribution < -0.4 is 10.6 Å². The van der Waals surface area contributed by atoms with Gasteiger partial charge in [-0.25, -0.2) is 0 Å². The van der Waals surface area contributed by atoms with E-state index in [0.717, 1.165) is 18.4 Å². The molecule has 0 fully saturated rings. The number of benzene rings is 1. The molecule has 0 aliphatic heterocycles. The Kier molecular flexibility index (Phi) is 2.27. The average Bonchev–Trinajstić information content (AvgIpc) is 2.83. The molecule has 0 bridgehead atoms. The number of aromatic nitrogens is 2. The molecule has 0 atom stereocenters. The summed E-state index contributed by atoms with van der Waals surface area (Å²) >= 11 is 0. The fourth-order valence-corrected chi connectivity index (χ4v) is 2.86. The van der Waals surface area contributed by atoms with E-state index in [1.807, 2.05) is 12.3 Å². The van der Waals surface area contributed by atoms with Gasteiger partial charge < -0.3 is 4.57 Å². The summed E-state index contributed by atoms with van der Waals surface area (Å²) in [6.07, 6.45) is 8.72. The van der Waals surface area contributed by atoms with E-state index in [1.54, 1.807) is 0 Å². The predicted molar refractivity (Wildman–Crippen MR) is 78.5 cm³/mol. The summed E-state index contributed by atoms with van der Waals surface area (Å²) in [4.78, 5) is 4.57. The normalized spacial score (nSPS) is 13.7. The SMILES string of the molecule is C1=c2c(n(-c3ccccc3)c3cccnc23)=CCC1. The van der Waals surface area contributed by atoms with Gasteiger partial charge in [-0.3, -0.25) is 4.98 Å².